The fourth-order valence-electron chi connectivity index (χ4n) is 3.64. The molecule has 1 N–H and O–H groups in total. The van der Waals surface area contributed by atoms with Crippen LogP contribution in [-0.2, 0) is 4.79 Å². The van der Waals surface area contributed by atoms with Gasteiger partial charge in [-0.15, -0.1) is 0 Å². The number of hydrogen-bond acceptors (Lipinski definition) is 2. The Bertz CT molecular complexity index is 264. The van der Waals surface area contributed by atoms with Crippen molar-refractivity contribution in [3.05, 3.63) is 0 Å². The number of nitrogens with one attached hydrogen (secondary N) is 1. The summed E-state index contributed by atoms with van der Waals surface area (Å²) < 4.78 is 0. The number of carbonyl (C=O) groups excluding carboxylic acids is 1. The van der Waals surface area contributed by atoms with Crippen LogP contribution in [0.2, 0.25) is 0 Å². The summed E-state index contributed by atoms with van der Waals surface area (Å²) in [4.78, 5) is 10.8. The van der Waals surface area contributed by atoms with E-state index in [0.717, 1.165) is 13.0 Å². The first-order chi connectivity index (χ1) is 11.1. The number of carbonyl (C=O) groups is 1. The van der Waals surface area contributed by atoms with Crippen molar-refractivity contribution in [3.63, 3.8) is 0 Å². The molecule has 0 aromatic carbocycles. The standard InChI is InChI=1S/C18H37N.C2H4O2/c1-3-5-6-7-8-9-10-11-13-16-19-17-14-12-15-18(19)4-2;1-2(3)4/h18H,3-17H2,1-2H3;1H3,(H,3,4). The average molecular weight is 328 g/mol. The Labute approximate surface area is 144 Å². The van der Waals surface area contributed by atoms with Gasteiger partial charge in [-0.3, -0.25) is 0 Å². The van der Waals surface area contributed by atoms with Gasteiger partial charge >= 0.3 is 0 Å². The molecule has 1 rings (SSSR count). The van der Waals surface area contributed by atoms with E-state index >= 15 is 0 Å². The third-order valence-electron chi connectivity index (χ3n) is 4.97. The van der Waals surface area contributed by atoms with E-state index in [2.05, 4.69) is 13.8 Å². The normalized spacial score (nSPS) is 20.7. The fourth-order valence-corrected chi connectivity index (χ4v) is 3.64. The van der Waals surface area contributed by atoms with E-state index in [-0.39, 0.29) is 0 Å². The highest BCUT2D eigenvalue weighted by Crippen LogP contribution is 2.10. The maximum absolute atomic E-state index is 8.89. The van der Waals surface area contributed by atoms with Gasteiger partial charge in [0.05, 0.1) is 19.1 Å². The van der Waals surface area contributed by atoms with Crippen molar-refractivity contribution in [1.82, 2.24) is 0 Å². The van der Waals surface area contributed by atoms with Crippen LogP contribution in [0.3, 0.4) is 0 Å². The van der Waals surface area contributed by atoms with E-state index in [4.69, 9.17) is 9.90 Å². The Kier molecular flexibility index (Phi) is 15.9. The number of likely N-dealkylation sites (tertiary alicyclic amines) is 1. The lowest BCUT2D eigenvalue weighted by molar-refractivity contribution is -0.931. The van der Waals surface area contributed by atoms with Crippen molar-refractivity contribution in [2.75, 3.05) is 13.1 Å². The minimum atomic E-state index is -1.08. The first kappa shape index (κ1) is 22.4. The molecule has 0 spiro atoms. The summed E-state index contributed by atoms with van der Waals surface area (Å²) in [6.07, 6.45) is 19.0. The van der Waals surface area contributed by atoms with E-state index in [9.17, 15) is 0 Å². The second-order valence-corrected chi connectivity index (χ2v) is 7.08. The van der Waals surface area contributed by atoms with Crippen LogP contribution < -0.4 is 10.0 Å². The summed E-state index contributed by atoms with van der Waals surface area (Å²) in [7, 11) is 0. The first-order valence-corrected chi connectivity index (χ1v) is 10.1. The SMILES string of the molecule is CC(=O)[O-].CCCCCCCCCCC[NH+]1CCCCC1CC. The number of unbranched alkanes of at least 4 members (excludes halogenated alkanes) is 8. The number of piperidine rings is 1. The van der Waals surface area contributed by atoms with Crippen molar-refractivity contribution >= 4 is 5.97 Å². The van der Waals surface area contributed by atoms with Crippen molar-refractivity contribution < 1.29 is 14.8 Å². The molecule has 0 aromatic heterocycles. The summed E-state index contributed by atoms with van der Waals surface area (Å²) >= 11 is 0. The maximum Gasteiger partial charge on any atom is 0.0872 e. The van der Waals surface area contributed by atoms with Gasteiger partial charge in [-0.1, -0.05) is 58.8 Å². The molecule has 138 valence electrons. The van der Waals surface area contributed by atoms with Gasteiger partial charge in [-0.05, 0) is 45.4 Å². The molecular weight excluding hydrogens is 286 g/mol. The highest BCUT2D eigenvalue weighted by Gasteiger charge is 2.23. The molecule has 1 aliphatic rings. The van der Waals surface area contributed by atoms with Crippen LogP contribution in [0.5, 0.6) is 0 Å². The lowest BCUT2D eigenvalue weighted by Crippen LogP contribution is -3.16. The largest absolute Gasteiger partial charge is 0.550 e. The second-order valence-electron chi connectivity index (χ2n) is 7.08. The highest BCUT2D eigenvalue weighted by molar-refractivity contribution is 5.60. The third-order valence-corrected chi connectivity index (χ3v) is 4.97. The van der Waals surface area contributed by atoms with Crippen LogP contribution in [0.15, 0.2) is 0 Å². The summed E-state index contributed by atoms with van der Waals surface area (Å²) in [5, 5.41) is 8.89. The molecule has 0 saturated carbocycles. The van der Waals surface area contributed by atoms with Crippen LogP contribution in [0.25, 0.3) is 0 Å². The summed E-state index contributed by atoms with van der Waals surface area (Å²) in [6, 6.07) is 0.989. The number of carboxylic acids is 1. The molecule has 2 atom stereocenters. The van der Waals surface area contributed by atoms with Crippen molar-refractivity contribution in [3.8, 4) is 0 Å². The Hall–Kier alpha value is -0.570. The molecule has 3 heteroatoms. The number of quaternary nitrogens is 1. The van der Waals surface area contributed by atoms with Gasteiger partial charge in [0.25, 0.3) is 0 Å². The average Bonchev–Trinajstić information content (AvgIpc) is 2.53. The molecular formula is C20H41NO2. The quantitative estimate of drug-likeness (QED) is 0.593. The molecule has 1 fully saturated rings. The van der Waals surface area contributed by atoms with Crippen LogP contribution in [0.4, 0.5) is 0 Å². The van der Waals surface area contributed by atoms with Crippen molar-refractivity contribution in [2.45, 2.75) is 110 Å². The molecule has 2 unspecified atom stereocenters. The number of rotatable bonds is 11. The van der Waals surface area contributed by atoms with Crippen molar-refractivity contribution in [2.24, 2.45) is 0 Å². The van der Waals surface area contributed by atoms with Crippen LogP contribution in [0, 0.1) is 0 Å². The number of hydrogen-bond donors (Lipinski definition) is 1. The highest BCUT2D eigenvalue weighted by atomic mass is 16.4. The number of aliphatic carboxylic acids is 1. The van der Waals surface area contributed by atoms with Crippen molar-refractivity contribution in [1.29, 1.82) is 0 Å². The van der Waals surface area contributed by atoms with Gasteiger partial charge in [0, 0.05) is 5.97 Å². The van der Waals surface area contributed by atoms with Gasteiger partial charge in [-0.25, -0.2) is 0 Å². The Balaban J connectivity index is 0.00000108. The van der Waals surface area contributed by atoms with Gasteiger partial charge in [-0.2, -0.15) is 0 Å². The lowest BCUT2D eigenvalue weighted by Gasteiger charge is -2.32. The van der Waals surface area contributed by atoms with Gasteiger partial charge < -0.3 is 14.8 Å². The zero-order valence-corrected chi connectivity index (χ0v) is 16.0. The predicted octanol–water partition coefficient (Wildman–Crippen LogP) is 3.12. The minimum Gasteiger partial charge on any atom is -0.550 e. The van der Waals surface area contributed by atoms with E-state index in [0.29, 0.717) is 0 Å². The summed E-state index contributed by atoms with van der Waals surface area (Å²) in [6.45, 7) is 8.56. The summed E-state index contributed by atoms with van der Waals surface area (Å²) in [5.74, 6) is -1.08. The molecule has 1 saturated heterocycles. The molecule has 0 aliphatic carbocycles. The van der Waals surface area contributed by atoms with E-state index < -0.39 is 5.97 Å². The lowest BCUT2D eigenvalue weighted by atomic mass is 9.99. The number of carboxylic acid groups (broad SMARTS) is 1. The fraction of sp³-hybridized carbons (Fsp3) is 0.950. The maximum atomic E-state index is 8.89. The zero-order valence-electron chi connectivity index (χ0n) is 16.0. The van der Waals surface area contributed by atoms with Gasteiger partial charge in [0.15, 0.2) is 0 Å². The minimum absolute atomic E-state index is 0.972. The van der Waals surface area contributed by atoms with E-state index in [1.54, 1.807) is 0 Å². The predicted molar refractivity (Wildman–Crippen MR) is 96.5 cm³/mol. The molecule has 3 nitrogen and oxygen atoms in total. The zero-order chi connectivity index (χ0) is 17.3. The van der Waals surface area contributed by atoms with E-state index in [1.807, 2.05) is 4.90 Å². The first-order valence-electron chi connectivity index (χ1n) is 10.1. The smallest absolute Gasteiger partial charge is 0.0872 e. The van der Waals surface area contributed by atoms with Gasteiger partial charge in [0.2, 0.25) is 0 Å². The molecule has 1 heterocycles. The van der Waals surface area contributed by atoms with Gasteiger partial charge in [0.1, 0.15) is 0 Å². The molecule has 23 heavy (non-hydrogen) atoms. The van der Waals surface area contributed by atoms with Crippen LogP contribution >= 0.6 is 0 Å². The topological polar surface area (TPSA) is 44.6 Å². The molecule has 0 radical (unpaired) electrons. The third kappa shape index (κ3) is 14.7. The van der Waals surface area contributed by atoms with Crippen LogP contribution in [-0.4, -0.2) is 25.1 Å². The molecule has 0 bridgehead atoms. The second kappa shape index (κ2) is 16.3. The molecule has 0 aromatic rings. The monoisotopic (exact) mass is 327 g/mol. The Morgan fingerprint density at radius 3 is 2.00 bits per heavy atom. The van der Waals surface area contributed by atoms with E-state index in [1.165, 1.54) is 96.6 Å². The Morgan fingerprint density at radius 1 is 0.957 bits per heavy atom. The molecule has 1 aliphatic heterocycles. The summed E-state index contributed by atoms with van der Waals surface area (Å²) in [5.41, 5.74) is 0. The molecule has 0 amide bonds. The Morgan fingerprint density at radius 2 is 1.48 bits per heavy atom. The van der Waals surface area contributed by atoms with Crippen LogP contribution in [0.1, 0.15) is 104 Å².